The second-order valence-corrected chi connectivity index (χ2v) is 2.47. The molecule has 66 valence electrons. The number of carbonyl (C=O) groups is 1. The van der Waals surface area contributed by atoms with Crippen LogP contribution in [0.1, 0.15) is 18.7 Å². The Hall–Kier alpha value is -1.32. The number of hydrogen-bond donors (Lipinski definition) is 1. The summed E-state index contributed by atoms with van der Waals surface area (Å²) in [6, 6.07) is 0. The van der Waals surface area contributed by atoms with Gasteiger partial charge in [0.25, 0.3) is 0 Å². The number of imidazole rings is 1. The lowest BCUT2D eigenvalue weighted by Gasteiger charge is -1.96. The first-order chi connectivity index (χ1) is 5.83. The maximum absolute atomic E-state index is 10.7. The number of hydrogen-bond acceptors (Lipinski definition) is 3. The van der Waals surface area contributed by atoms with Crippen LogP contribution in [0.3, 0.4) is 0 Å². The number of aromatic nitrogens is 2. The van der Waals surface area contributed by atoms with Crippen LogP contribution < -0.4 is 0 Å². The molecule has 0 radical (unpaired) electrons. The van der Waals surface area contributed by atoms with Crippen molar-refractivity contribution in [3.05, 3.63) is 18.2 Å². The Morgan fingerprint density at radius 3 is 3.17 bits per heavy atom. The van der Waals surface area contributed by atoms with Gasteiger partial charge in [-0.05, 0) is 6.42 Å². The van der Waals surface area contributed by atoms with Gasteiger partial charge in [-0.3, -0.25) is 4.79 Å². The van der Waals surface area contributed by atoms with Crippen LogP contribution in [-0.2, 0) is 16.0 Å². The zero-order valence-electron chi connectivity index (χ0n) is 7.04. The molecular formula is C8H12N2O2. The molecule has 1 aromatic heterocycles. The van der Waals surface area contributed by atoms with Crippen LogP contribution in [0.5, 0.6) is 0 Å². The minimum absolute atomic E-state index is 0.165. The van der Waals surface area contributed by atoms with Crippen LogP contribution in [-0.4, -0.2) is 23.0 Å². The van der Waals surface area contributed by atoms with E-state index < -0.39 is 0 Å². The van der Waals surface area contributed by atoms with Gasteiger partial charge in [0.05, 0.1) is 7.11 Å². The average Bonchev–Trinajstić information content (AvgIpc) is 2.57. The Labute approximate surface area is 71.0 Å². The first-order valence-corrected chi connectivity index (χ1v) is 3.88. The van der Waals surface area contributed by atoms with E-state index in [0.29, 0.717) is 6.42 Å². The summed E-state index contributed by atoms with van der Waals surface area (Å²) in [5.41, 5.74) is 0. The highest BCUT2D eigenvalue weighted by molar-refractivity contribution is 5.69. The van der Waals surface area contributed by atoms with Crippen molar-refractivity contribution < 1.29 is 9.53 Å². The third-order valence-electron chi connectivity index (χ3n) is 1.58. The Bertz CT molecular complexity index is 231. The van der Waals surface area contributed by atoms with Crippen molar-refractivity contribution in [3.8, 4) is 0 Å². The van der Waals surface area contributed by atoms with Gasteiger partial charge in [0.2, 0.25) is 0 Å². The molecule has 0 aliphatic carbocycles. The van der Waals surface area contributed by atoms with Gasteiger partial charge in [-0.25, -0.2) is 4.98 Å². The number of esters is 1. The van der Waals surface area contributed by atoms with Crippen molar-refractivity contribution >= 4 is 5.97 Å². The summed E-state index contributed by atoms with van der Waals surface area (Å²) in [6.07, 6.45) is 5.50. The predicted molar refractivity (Wildman–Crippen MR) is 43.5 cm³/mol. The van der Waals surface area contributed by atoms with E-state index in [9.17, 15) is 4.79 Å². The molecule has 1 aromatic rings. The minimum Gasteiger partial charge on any atom is -0.469 e. The molecule has 0 aliphatic heterocycles. The molecule has 0 saturated heterocycles. The quantitative estimate of drug-likeness (QED) is 0.680. The normalized spacial score (nSPS) is 9.75. The molecule has 0 atom stereocenters. The molecule has 0 saturated carbocycles. The molecule has 4 nitrogen and oxygen atoms in total. The average molecular weight is 168 g/mol. The molecule has 1 N–H and O–H groups in total. The summed E-state index contributed by atoms with van der Waals surface area (Å²) in [4.78, 5) is 17.7. The van der Waals surface area contributed by atoms with E-state index in [1.807, 2.05) is 0 Å². The van der Waals surface area contributed by atoms with E-state index in [4.69, 9.17) is 0 Å². The SMILES string of the molecule is COC(=O)CCCc1ncc[nH]1. The maximum Gasteiger partial charge on any atom is 0.305 e. The molecule has 0 fully saturated rings. The molecule has 1 heterocycles. The Morgan fingerprint density at radius 2 is 2.58 bits per heavy atom. The van der Waals surface area contributed by atoms with Gasteiger partial charge in [0.1, 0.15) is 5.82 Å². The van der Waals surface area contributed by atoms with Crippen molar-refractivity contribution in [1.29, 1.82) is 0 Å². The monoisotopic (exact) mass is 168 g/mol. The van der Waals surface area contributed by atoms with Crippen LogP contribution in [0.2, 0.25) is 0 Å². The second kappa shape index (κ2) is 4.54. The summed E-state index contributed by atoms with van der Waals surface area (Å²) < 4.78 is 4.50. The lowest BCUT2D eigenvalue weighted by atomic mass is 10.2. The van der Waals surface area contributed by atoms with Gasteiger partial charge in [-0.1, -0.05) is 0 Å². The molecule has 0 bridgehead atoms. The number of nitrogens with zero attached hydrogens (tertiary/aromatic N) is 1. The Balaban J connectivity index is 2.15. The fourth-order valence-corrected chi connectivity index (χ4v) is 0.937. The Morgan fingerprint density at radius 1 is 1.75 bits per heavy atom. The summed E-state index contributed by atoms with van der Waals surface area (Å²) in [7, 11) is 1.40. The number of methoxy groups -OCH3 is 1. The summed E-state index contributed by atoms with van der Waals surface area (Å²) in [5.74, 6) is 0.750. The van der Waals surface area contributed by atoms with Crippen LogP contribution in [0.15, 0.2) is 12.4 Å². The standard InChI is InChI=1S/C8H12N2O2/c1-12-8(11)4-2-3-7-9-5-6-10-7/h5-6H,2-4H2,1H3,(H,9,10). The lowest BCUT2D eigenvalue weighted by molar-refractivity contribution is -0.140. The van der Waals surface area contributed by atoms with E-state index in [1.54, 1.807) is 12.4 Å². The van der Waals surface area contributed by atoms with E-state index in [2.05, 4.69) is 14.7 Å². The topological polar surface area (TPSA) is 55.0 Å². The van der Waals surface area contributed by atoms with E-state index in [-0.39, 0.29) is 5.97 Å². The first kappa shape index (κ1) is 8.77. The smallest absolute Gasteiger partial charge is 0.305 e. The fourth-order valence-electron chi connectivity index (χ4n) is 0.937. The third kappa shape index (κ3) is 2.74. The number of rotatable bonds is 4. The number of nitrogens with one attached hydrogen (secondary N) is 1. The summed E-state index contributed by atoms with van der Waals surface area (Å²) in [6.45, 7) is 0. The van der Waals surface area contributed by atoms with Crippen LogP contribution in [0, 0.1) is 0 Å². The van der Waals surface area contributed by atoms with Crippen molar-refractivity contribution in [2.24, 2.45) is 0 Å². The van der Waals surface area contributed by atoms with Crippen molar-refractivity contribution in [2.75, 3.05) is 7.11 Å². The van der Waals surface area contributed by atoms with Crippen molar-refractivity contribution in [3.63, 3.8) is 0 Å². The van der Waals surface area contributed by atoms with E-state index >= 15 is 0 Å². The lowest BCUT2D eigenvalue weighted by Crippen LogP contribution is -2.00. The van der Waals surface area contributed by atoms with Gasteiger partial charge >= 0.3 is 5.97 Å². The molecule has 4 heteroatoms. The van der Waals surface area contributed by atoms with E-state index in [0.717, 1.165) is 18.7 Å². The maximum atomic E-state index is 10.7. The highest BCUT2D eigenvalue weighted by atomic mass is 16.5. The molecule has 12 heavy (non-hydrogen) atoms. The van der Waals surface area contributed by atoms with Gasteiger partial charge in [0, 0.05) is 25.2 Å². The molecule has 0 aromatic carbocycles. The van der Waals surface area contributed by atoms with Crippen LogP contribution in [0.25, 0.3) is 0 Å². The van der Waals surface area contributed by atoms with Crippen LogP contribution >= 0.6 is 0 Å². The highest BCUT2D eigenvalue weighted by Crippen LogP contribution is 1.99. The molecule has 1 rings (SSSR count). The third-order valence-corrected chi connectivity index (χ3v) is 1.58. The molecule has 0 spiro atoms. The predicted octanol–water partition coefficient (Wildman–Crippen LogP) is 0.905. The second-order valence-electron chi connectivity index (χ2n) is 2.47. The fraction of sp³-hybridized carbons (Fsp3) is 0.500. The van der Waals surface area contributed by atoms with Crippen molar-refractivity contribution in [2.45, 2.75) is 19.3 Å². The molecule has 0 unspecified atom stereocenters. The molecule has 0 aliphatic rings. The minimum atomic E-state index is -0.165. The number of ether oxygens (including phenoxy) is 1. The number of carbonyl (C=O) groups excluding carboxylic acids is 1. The number of H-pyrrole nitrogens is 1. The Kier molecular flexibility index (Phi) is 3.32. The zero-order chi connectivity index (χ0) is 8.81. The van der Waals surface area contributed by atoms with Gasteiger partial charge < -0.3 is 9.72 Å². The van der Waals surface area contributed by atoms with Gasteiger partial charge in [-0.15, -0.1) is 0 Å². The van der Waals surface area contributed by atoms with Crippen LogP contribution in [0.4, 0.5) is 0 Å². The number of aryl methyl sites for hydroxylation is 1. The first-order valence-electron chi connectivity index (χ1n) is 3.88. The van der Waals surface area contributed by atoms with Gasteiger partial charge in [-0.2, -0.15) is 0 Å². The summed E-state index contributed by atoms with van der Waals surface area (Å²) in [5, 5.41) is 0. The molecular weight excluding hydrogens is 156 g/mol. The number of aromatic amines is 1. The highest BCUT2D eigenvalue weighted by Gasteiger charge is 2.00. The zero-order valence-corrected chi connectivity index (χ0v) is 7.04. The van der Waals surface area contributed by atoms with E-state index in [1.165, 1.54) is 7.11 Å². The van der Waals surface area contributed by atoms with Gasteiger partial charge in [0.15, 0.2) is 0 Å². The molecule has 0 amide bonds. The van der Waals surface area contributed by atoms with Crippen molar-refractivity contribution in [1.82, 2.24) is 9.97 Å². The summed E-state index contributed by atoms with van der Waals surface area (Å²) >= 11 is 0. The largest absolute Gasteiger partial charge is 0.469 e.